The zero-order valence-corrected chi connectivity index (χ0v) is 21.6. The summed E-state index contributed by atoms with van der Waals surface area (Å²) >= 11 is 1.48. The lowest BCUT2D eigenvalue weighted by Crippen LogP contribution is -2.33. The fourth-order valence-electron chi connectivity index (χ4n) is 3.88. The number of hydrogen-bond acceptors (Lipinski definition) is 6. The van der Waals surface area contributed by atoms with E-state index in [0.29, 0.717) is 36.1 Å². The largest absolute Gasteiger partial charge is 0.356 e. The molecule has 2 amide bonds. The van der Waals surface area contributed by atoms with E-state index < -0.39 is 0 Å². The second-order valence-electron chi connectivity index (χ2n) is 8.65. The van der Waals surface area contributed by atoms with Crippen LogP contribution >= 0.6 is 11.3 Å². The quantitative estimate of drug-likeness (QED) is 0.354. The molecule has 1 aromatic carbocycles. The molecular formula is C26H35N5O3S. The van der Waals surface area contributed by atoms with Crippen LogP contribution in [0.5, 0.6) is 0 Å². The summed E-state index contributed by atoms with van der Waals surface area (Å²) in [7, 11) is 0. The summed E-state index contributed by atoms with van der Waals surface area (Å²) in [5, 5.41) is 6.32. The molecule has 35 heavy (non-hydrogen) atoms. The van der Waals surface area contributed by atoms with Crippen LogP contribution in [0.1, 0.15) is 42.2 Å². The standard InChI is InChI=1S/C26H35N5O3S/c1-4-30(16-21-10-6-5-7-11-21)15-9-14-27-22(32)12-8-13-28-23(33)17-31-18-29-25-24(26(31)34)19(2)20(3)35-25/h5-7,10-11,18H,4,8-9,12-17H2,1-3H3,(H,27,32)(H,28,33). The number of hydrogen-bond donors (Lipinski definition) is 2. The molecule has 0 aliphatic heterocycles. The van der Waals surface area contributed by atoms with Crippen LogP contribution in [-0.4, -0.2) is 52.4 Å². The second kappa shape index (κ2) is 13.2. The maximum atomic E-state index is 12.7. The van der Waals surface area contributed by atoms with E-state index in [1.807, 2.05) is 32.0 Å². The van der Waals surface area contributed by atoms with Crippen molar-refractivity contribution in [1.82, 2.24) is 25.1 Å². The highest BCUT2D eigenvalue weighted by molar-refractivity contribution is 7.18. The van der Waals surface area contributed by atoms with Gasteiger partial charge in [0.25, 0.3) is 5.56 Å². The van der Waals surface area contributed by atoms with Gasteiger partial charge in [-0.05, 0) is 44.4 Å². The number of thiophene rings is 1. The van der Waals surface area contributed by atoms with Crippen LogP contribution in [0, 0.1) is 13.8 Å². The van der Waals surface area contributed by atoms with E-state index in [1.54, 1.807) is 0 Å². The number of carbonyl (C=O) groups is 2. The molecule has 8 nitrogen and oxygen atoms in total. The highest BCUT2D eigenvalue weighted by Crippen LogP contribution is 2.25. The minimum absolute atomic E-state index is 0.0143. The van der Waals surface area contributed by atoms with Gasteiger partial charge >= 0.3 is 0 Å². The van der Waals surface area contributed by atoms with Gasteiger partial charge < -0.3 is 10.6 Å². The van der Waals surface area contributed by atoms with Crippen LogP contribution in [-0.2, 0) is 22.7 Å². The van der Waals surface area contributed by atoms with Gasteiger partial charge in [0.15, 0.2) is 0 Å². The van der Waals surface area contributed by atoms with Gasteiger partial charge in [0, 0.05) is 37.5 Å². The van der Waals surface area contributed by atoms with Crippen molar-refractivity contribution >= 4 is 33.4 Å². The molecule has 0 saturated heterocycles. The maximum absolute atomic E-state index is 12.7. The summed E-state index contributed by atoms with van der Waals surface area (Å²) in [4.78, 5) is 45.5. The average Bonchev–Trinajstić information content (AvgIpc) is 3.15. The first-order chi connectivity index (χ1) is 16.9. The molecule has 0 spiro atoms. The molecule has 0 bridgehead atoms. The van der Waals surface area contributed by atoms with E-state index in [1.165, 1.54) is 27.8 Å². The van der Waals surface area contributed by atoms with E-state index >= 15 is 0 Å². The highest BCUT2D eigenvalue weighted by Gasteiger charge is 2.13. The number of carbonyl (C=O) groups excluding carboxylic acids is 2. The molecule has 0 atom stereocenters. The van der Waals surface area contributed by atoms with E-state index in [2.05, 4.69) is 39.6 Å². The van der Waals surface area contributed by atoms with Crippen LogP contribution < -0.4 is 16.2 Å². The molecule has 0 aliphatic rings. The van der Waals surface area contributed by atoms with Crippen molar-refractivity contribution in [3.8, 4) is 0 Å². The van der Waals surface area contributed by atoms with Crippen molar-refractivity contribution in [2.75, 3.05) is 26.2 Å². The molecule has 3 rings (SSSR count). The van der Waals surface area contributed by atoms with E-state index in [9.17, 15) is 14.4 Å². The SMILES string of the molecule is CCN(CCCNC(=O)CCCNC(=O)Cn1cnc2sc(C)c(C)c2c1=O)Cc1ccccc1. The van der Waals surface area contributed by atoms with Crippen LogP contribution in [0.15, 0.2) is 41.5 Å². The van der Waals surface area contributed by atoms with E-state index in [-0.39, 0.29) is 23.9 Å². The molecule has 0 saturated carbocycles. The Morgan fingerprint density at radius 1 is 1.06 bits per heavy atom. The van der Waals surface area contributed by atoms with Gasteiger partial charge in [0.1, 0.15) is 11.4 Å². The monoisotopic (exact) mass is 497 g/mol. The maximum Gasteiger partial charge on any atom is 0.262 e. The summed E-state index contributed by atoms with van der Waals surface area (Å²) in [6, 6.07) is 10.4. The fraction of sp³-hybridized carbons (Fsp3) is 0.462. The number of aromatic nitrogens is 2. The molecule has 0 unspecified atom stereocenters. The minimum atomic E-state index is -0.267. The molecule has 2 heterocycles. The number of amides is 2. The van der Waals surface area contributed by atoms with Crippen LogP contribution in [0.2, 0.25) is 0 Å². The van der Waals surface area contributed by atoms with Gasteiger partial charge in [0.05, 0.1) is 11.7 Å². The Balaban J connectivity index is 1.30. The topological polar surface area (TPSA) is 96.3 Å². The molecule has 2 N–H and O–H groups in total. The van der Waals surface area contributed by atoms with Crippen molar-refractivity contribution in [1.29, 1.82) is 0 Å². The molecular weight excluding hydrogens is 462 g/mol. The zero-order chi connectivity index (χ0) is 25.2. The number of nitrogens with one attached hydrogen (secondary N) is 2. The van der Waals surface area contributed by atoms with Gasteiger partial charge in [-0.2, -0.15) is 0 Å². The van der Waals surface area contributed by atoms with Crippen LogP contribution in [0.25, 0.3) is 10.2 Å². The van der Waals surface area contributed by atoms with Gasteiger partial charge in [-0.1, -0.05) is 37.3 Å². The molecule has 2 aromatic heterocycles. The molecule has 188 valence electrons. The summed E-state index contributed by atoms with van der Waals surface area (Å²) in [6.45, 7) is 9.73. The van der Waals surface area contributed by atoms with Gasteiger partial charge in [-0.3, -0.25) is 23.9 Å². The Morgan fingerprint density at radius 3 is 2.51 bits per heavy atom. The van der Waals surface area contributed by atoms with Gasteiger partial charge in [-0.15, -0.1) is 11.3 Å². The van der Waals surface area contributed by atoms with Crippen molar-refractivity contribution < 1.29 is 9.59 Å². The molecule has 0 radical (unpaired) electrons. The number of aryl methyl sites for hydroxylation is 2. The van der Waals surface area contributed by atoms with Crippen LogP contribution in [0.3, 0.4) is 0 Å². The summed E-state index contributed by atoms with van der Waals surface area (Å²) in [5.74, 6) is -0.282. The van der Waals surface area contributed by atoms with Crippen molar-refractivity contribution in [2.24, 2.45) is 0 Å². The Bertz CT molecular complexity index is 1190. The molecule has 9 heteroatoms. The third kappa shape index (κ3) is 7.73. The first-order valence-electron chi connectivity index (χ1n) is 12.1. The normalized spacial score (nSPS) is 11.2. The van der Waals surface area contributed by atoms with Crippen molar-refractivity contribution in [3.05, 3.63) is 63.0 Å². The van der Waals surface area contributed by atoms with Crippen molar-refractivity contribution in [2.45, 2.75) is 53.1 Å². The molecule has 0 aliphatic carbocycles. The van der Waals surface area contributed by atoms with Gasteiger partial charge in [-0.25, -0.2) is 4.98 Å². The van der Waals surface area contributed by atoms with E-state index in [4.69, 9.17) is 0 Å². The first kappa shape index (κ1) is 26.6. The third-order valence-electron chi connectivity index (χ3n) is 6.04. The van der Waals surface area contributed by atoms with Gasteiger partial charge in [0.2, 0.25) is 11.8 Å². The second-order valence-corrected chi connectivity index (χ2v) is 9.86. The van der Waals surface area contributed by atoms with Crippen molar-refractivity contribution in [3.63, 3.8) is 0 Å². The summed E-state index contributed by atoms with van der Waals surface area (Å²) in [6.07, 6.45) is 3.20. The fourth-order valence-corrected chi connectivity index (χ4v) is 4.87. The Hall–Kier alpha value is -3.04. The predicted molar refractivity (Wildman–Crippen MR) is 141 cm³/mol. The number of rotatable bonds is 13. The highest BCUT2D eigenvalue weighted by atomic mass is 32.1. The predicted octanol–water partition coefficient (Wildman–Crippen LogP) is 3.00. The Labute approximate surface area is 210 Å². The smallest absolute Gasteiger partial charge is 0.262 e. The zero-order valence-electron chi connectivity index (χ0n) is 20.8. The number of fused-ring (bicyclic) bond motifs is 1. The molecule has 3 aromatic rings. The average molecular weight is 498 g/mol. The Morgan fingerprint density at radius 2 is 1.77 bits per heavy atom. The van der Waals surface area contributed by atoms with E-state index in [0.717, 1.165) is 36.5 Å². The molecule has 0 fully saturated rings. The van der Waals surface area contributed by atoms with Crippen LogP contribution in [0.4, 0.5) is 0 Å². The lowest BCUT2D eigenvalue weighted by Gasteiger charge is -2.20. The first-order valence-corrected chi connectivity index (χ1v) is 13.0. The number of benzene rings is 1. The third-order valence-corrected chi connectivity index (χ3v) is 7.16. The summed E-state index contributed by atoms with van der Waals surface area (Å²) < 4.78 is 1.33. The minimum Gasteiger partial charge on any atom is -0.356 e. The lowest BCUT2D eigenvalue weighted by molar-refractivity contribution is -0.123. The number of nitrogens with zero attached hydrogens (tertiary/aromatic N) is 3. The Kier molecular flexibility index (Phi) is 9.98. The lowest BCUT2D eigenvalue weighted by atomic mass is 10.2. The summed E-state index contributed by atoms with van der Waals surface area (Å²) in [5.41, 5.74) is 2.01.